The first-order valence-electron chi connectivity index (χ1n) is 6.17. The number of carbonyl (C=O) groups excluding carboxylic acids is 1. The molecule has 0 spiro atoms. The summed E-state index contributed by atoms with van der Waals surface area (Å²) in [5, 5.41) is 11.5. The van der Waals surface area contributed by atoms with Crippen molar-refractivity contribution in [3.63, 3.8) is 0 Å². The van der Waals surface area contributed by atoms with Crippen molar-refractivity contribution >= 4 is 11.9 Å². The summed E-state index contributed by atoms with van der Waals surface area (Å²) < 4.78 is 5.07. The van der Waals surface area contributed by atoms with Crippen molar-refractivity contribution < 1.29 is 19.1 Å². The molecule has 1 amide bonds. The Bertz CT molecular complexity index is 452. The molecule has 0 aliphatic heterocycles. The Balaban J connectivity index is 1.87. The minimum atomic E-state index is -1.10. The van der Waals surface area contributed by atoms with E-state index in [0.29, 0.717) is 11.7 Å². The molecule has 2 rings (SSSR count). The lowest BCUT2D eigenvalue weighted by Gasteiger charge is -2.14. The van der Waals surface area contributed by atoms with Gasteiger partial charge in [-0.2, -0.15) is 0 Å². The van der Waals surface area contributed by atoms with Gasteiger partial charge in [0.2, 0.25) is 11.7 Å². The van der Waals surface area contributed by atoms with Gasteiger partial charge in [0.05, 0.1) is 6.54 Å². The standard InChI is InChI=1S/C13H17NO4/c1-8-3-2-4-10(8)12(15)14-7-9-5-6-11(18-9)13(16)17/h5-6,8,10H,2-4,7H2,1H3,(H,14,15)(H,16,17). The van der Waals surface area contributed by atoms with Crippen LogP contribution in [0, 0.1) is 11.8 Å². The van der Waals surface area contributed by atoms with Gasteiger partial charge in [-0.1, -0.05) is 13.3 Å². The highest BCUT2D eigenvalue weighted by atomic mass is 16.4. The van der Waals surface area contributed by atoms with Gasteiger partial charge in [-0.3, -0.25) is 4.79 Å². The van der Waals surface area contributed by atoms with Crippen LogP contribution in [0.1, 0.15) is 42.5 Å². The quantitative estimate of drug-likeness (QED) is 0.858. The van der Waals surface area contributed by atoms with Gasteiger partial charge in [-0.05, 0) is 30.9 Å². The molecule has 0 bridgehead atoms. The van der Waals surface area contributed by atoms with Crippen molar-refractivity contribution in [2.45, 2.75) is 32.7 Å². The number of carboxylic acid groups (broad SMARTS) is 1. The number of furan rings is 1. The lowest BCUT2D eigenvalue weighted by molar-refractivity contribution is -0.126. The number of amides is 1. The molecule has 1 aromatic heterocycles. The van der Waals surface area contributed by atoms with E-state index >= 15 is 0 Å². The molecule has 98 valence electrons. The van der Waals surface area contributed by atoms with Crippen LogP contribution in [0.2, 0.25) is 0 Å². The van der Waals surface area contributed by atoms with Crippen LogP contribution < -0.4 is 5.32 Å². The molecule has 2 N–H and O–H groups in total. The first kappa shape index (κ1) is 12.7. The molecule has 18 heavy (non-hydrogen) atoms. The fourth-order valence-electron chi connectivity index (χ4n) is 2.43. The van der Waals surface area contributed by atoms with Crippen LogP contribution in [0.15, 0.2) is 16.5 Å². The number of carboxylic acids is 1. The smallest absolute Gasteiger partial charge is 0.371 e. The van der Waals surface area contributed by atoms with Gasteiger partial charge in [0, 0.05) is 5.92 Å². The fourth-order valence-corrected chi connectivity index (χ4v) is 2.43. The van der Waals surface area contributed by atoms with E-state index in [9.17, 15) is 9.59 Å². The van der Waals surface area contributed by atoms with Gasteiger partial charge in [0.1, 0.15) is 5.76 Å². The zero-order chi connectivity index (χ0) is 13.1. The fraction of sp³-hybridized carbons (Fsp3) is 0.538. The SMILES string of the molecule is CC1CCCC1C(=O)NCc1ccc(C(=O)O)o1. The number of rotatable bonds is 4. The predicted molar refractivity (Wildman–Crippen MR) is 64.0 cm³/mol. The lowest BCUT2D eigenvalue weighted by Crippen LogP contribution is -2.31. The molecule has 1 saturated carbocycles. The summed E-state index contributed by atoms with van der Waals surface area (Å²) in [5.41, 5.74) is 0. The first-order chi connectivity index (χ1) is 8.58. The summed E-state index contributed by atoms with van der Waals surface area (Å²) in [6.45, 7) is 2.34. The second kappa shape index (κ2) is 5.25. The highest BCUT2D eigenvalue weighted by molar-refractivity contribution is 5.84. The number of hydrogen-bond donors (Lipinski definition) is 2. The predicted octanol–water partition coefficient (Wildman–Crippen LogP) is 2.03. The molecule has 5 nitrogen and oxygen atoms in total. The average molecular weight is 251 g/mol. The maximum absolute atomic E-state index is 11.9. The van der Waals surface area contributed by atoms with Crippen LogP contribution in [0.3, 0.4) is 0 Å². The normalized spacial score (nSPS) is 22.9. The van der Waals surface area contributed by atoms with Crippen molar-refractivity contribution in [2.24, 2.45) is 11.8 Å². The summed E-state index contributed by atoms with van der Waals surface area (Å²) >= 11 is 0. The number of carbonyl (C=O) groups is 2. The molecule has 1 heterocycles. The minimum absolute atomic E-state index is 0.0354. The van der Waals surface area contributed by atoms with Gasteiger partial charge in [0.25, 0.3) is 0 Å². The maximum atomic E-state index is 11.9. The largest absolute Gasteiger partial charge is 0.475 e. The highest BCUT2D eigenvalue weighted by Crippen LogP contribution is 2.31. The highest BCUT2D eigenvalue weighted by Gasteiger charge is 2.29. The average Bonchev–Trinajstić information content (AvgIpc) is 2.94. The molecule has 2 unspecified atom stereocenters. The van der Waals surface area contributed by atoms with E-state index in [1.165, 1.54) is 6.07 Å². The molecule has 0 saturated heterocycles. The van der Waals surface area contributed by atoms with Crippen LogP contribution in [-0.2, 0) is 11.3 Å². The number of nitrogens with one attached hydrogen (secondary N) is 1. The molecular formula is C13H17NO4. The van der Waals surface area contributed by atoms with Crippen LogP contribution in [0.25, 0.3) is 0 Å². The van der Waals surface area contributed by atoms with Gasteiger partial charge in [-0.25, -0.2) is 4.79 Å². The van der Waals surface area contributed by atoms with Gasteiger partial charge < -0.3 is 14.8 Å². The van der Waals surface area contributed by atoms with Crippen LogP contribution >= 0.6 is 0 Å². The maximum Gasteiger partial charge on any atom is 0.371 e. The summed E-state index contributed by atoms with van der Waals surface area (Å²) in [7, 11) is 0. The lowest BCUT2D eigenvalue weighted by atomic mass is 9.97. The van der Waals surface area contributed by atoms with Crippen LogP contribution in [-0.4, -0.2) is 17.0 Å². The van der Waals surface area contributed by atoms with Gasteiger partial charge in [-0.15, -0.1) is 0 Å². The van der Waals surface area contributed by atoms with Crippen molar-refractivity contribution in [2.75, 3.05) is 0 Å². The zero-order valence-corrected chi connectivity index (χ0v) is 10.3. The molecule has 0 radical (unpaired) electrons. The molecule has 1 aliphatic carbocycles. The summed E-state index contributed by atoms with van der Waals surface area (Å²) in [6, 6.07) is 2.96. The number of aromatic carboxylic acids is 1. The second-order valence-electron chi connectivity index (χ2n) is 4.80. The molecule has 5 heteroatoms. The van der Waals surface area contributed by atoms with E-state index in [-0.39, 0.29) is 24.1 Å². The third-order valence-corrected chi connectivity index (χ3v) is 3.51. The number of hydrogen-bond acceptors (Lipinski definition) is 3. The van der Waals surface area contributed by atoms with E-state index in [1.807, 2.05) is 0 Å². The topological polar surface area (TPSA) is 79.5 Å². The van der Waals surface area contributed by atoms with Crippen molar-refractivity contribution in [1.29, 1.82) is 0 Å². The first-order valence-corrected chi connectivity index (χ1v) is 6.17. The van der Waals surface area contributed by atoms with Crippen LogP contribution in [0.5, 0.6) is 0 Å². The zero-order valence-electron chi connectivity index (χ0n) is 10.3. The Morgan fingerprint density at radius 1 is 1.44 bits per heavy atom. The van der Waals surface area contributed by atoms with Crippen LogP contribution in [0.4, 0.5) is 0 Å². The summed E-state index contributed by atoms with van der Waals surface area (Å²) in [5.74, 6) is -0.194. The Morgan fingerprint density at radius 2 is 2.22 bits per heavy atom. The molecule has 2 atom stereocenters. The molecular weight excluding hydrogens is 234 g/mol. The molecule has 1 aromatic rings. The second-order valence-corrected chi connectivity index (χ2v) is 4.80. The Labute approximate surface area is 105 Å². The molecule has 1 fully saturated rings. The van der Waals surface area contributed by atoms with E-state index in [0.717, 1.165) is 19.3 Å². The monoisotopic (exact) mass is 251 g/mol. The van der Waals surface area contributed by atoms with Gasteiger partial charge in [0.15, 0.2) is 0 Å². The molecule has 1 aliphatic rings. The minimum Gasteiger partial charge on any atom is -0.475 e. The van der Waals surface area contributed by atoms with Crippen molar-refractivity contribution in [3.05, 3.63) is 23.7 Å². The van der Waals surface area contributed by atoms with Crippen molar-refractivity contribution in [1.82, 2.24) is 5.32 Å². The summed E-state index contributed by atoms with van der Waals surface area (Å²) in [6.07, 6.45) is 3.14. The third-order valence-electron chi connectivity index (χ3n) is 3.51. The van der Waals surface area contributed by atoms with E-state index < -0.39 is 5.97 Å². The third kappa shape index (κ3) is 2.72. The Hall–Kier alpha value is -1.78. The van der Waals surface area contributed by atoms with E-state index in [4.69, 9.17) is 9.52 Å². The Kier molecular flexibility index (Phi) is 3.69. The van der Waals surface area contributed by atoms with Gasteiger partial charge >= 0.3 is 5.97 Å². The Morgan fingerprint density at radius 3 is 2.78 bits per heavy atom. The van der Waals surface area contributed by atoms with E-state index in [2.05, 4.69) is 12.2 Å². The molecule has 0 aromatic carbocycles. The van der Waals surface area contributed by atoms with Crippen molar-refractivity contribution in [3.8, 4) is 0 Å². The van der Waals surface area contributed by atoms with E-state index in [1.54, 1.807) is 6.07 Å². The summed E-state index contributed by atoms with van der Waals surface area (Å²) in [4.78, 5) is 22.5.